The van der Waals surface area contributed by atoms with Gasteiger partial charge >= 0.3 is 42.2 Å². The molecule has 8 N–H and O–H groups in total. The summed E-state index contributed by atoms with van der Waals surface area (Å²) in [4.78, 5) is 13.4. The van der Waals surface area contributed by atoms with Gasteiger partial charge in [-0.1, -0.05) is 106 Å². The minimum atomic E-state index is -5.25. The highest BCUT2D eigenvalue weighted by Gasteiger charge is 2.69. The maximum atomic E-state index is 13.3. The van der Waals surface area contributed by atoms with E-state index in [-0.39, 0.29) is 70.0 Å². The van der Waals surface area contributed by atoms with Gasteiger partial charge in [0.1, 0.15) is 78.5 Å². The van der Waals surface area contributed by atoms with Crippen molar-refractivity contribution in [1.82, 2.24) is 39.1 Å². The van der Waals surface area contributed by atoms with E-state index in [2.05, 4.69) is 30.0 Å². The van der Waals surface area contributed by atoms with Crippen molar-refractivity contribution < 1.29 is 101 Å². The van der Waals surface area contributed by atoms with Crippen LogP contribution < -0.4 is 22.9 Å². The van der Waals surface area contributed by atoms with Crippen molar-refractivity contribution in [2.24, 2.45) is 0 Å². The van der Waals surface area contributed by atoms with Crippen molar-refractivity contribution in [3.63, 3.8) is 0 Å². The molecule has 0 saturated carbocycles. The number of carbonyl (C=O) groups is 1. The molecule has 4 unspecified atom stereocenters. The van der Waals surface area contributed by atoms with Gasteiger partial charge in [0.15, 0.2) is 28.0 Å². The molecule has 0 aliphatic carbocycles. The van der Waals surface area contributed by atoms with E-state index in [9.17, 15) is 96.4 Å². The van der Waals surface area contributed by atoms with Crippen LogP contribution in [0.15, 0.2) is 63.2 Å². The third kappa shape index (κ3) is 17.1. The minimum Gasteiger partial charge on any atom is -0.383 e. The first-order valence-electron chi connectivity index (χ1n) is 25.6. The van der Waals surface area contributed by atoms with E-state index in [1.54, 1.807) is 13.0 Å². The smallest absolute Gasteiger partial charge is 0.383 e. The largest absolute Gasteiger partial charge is 0.476 e. The molecule has 49 heteroatoms. The Hall–Kier alpha value is -7.47. The average molecular weight is 1670 g/mol. The van der Waals surface area contributed by atoms with Gasteiger partial charge in [0.05, 0.1) is 96.2 Å². The van der Waals surface area contributed by atoms with Crippen molar-refractivity contribution in [1.29, 1.82) is 10.5 Å². The number of carbonyl (C=O) groups excluding carboxylic acids is 1. The summed E-state index contributed by atoms with van der Waals surface area (Å²) in [7, 11) is -6.95. The highest BCUT2D eigenvalue weighted by atomic mass is 35.5. The zero-order valence-electron chi connectivity index (χ0n) is 48.9. The molecule has 0 bridgehead atoms. The number of ether oxygens (including phenoxy) is 1. The predicted octanol–water partition coefficient (Wildman–Crippen LogP) is 16.9. The van der Waals surface area contributed by atoms with Crippen LogP contribution in [-0.4, -0.2) is 87.8 Å². The van der Waals surface area contributed by atoms with Crippen LogP contribution in [0, 0.1) is 29.2 Å². The molecule has 4 atom stereocenters. The van der Waals surface area contributed by atoms with Crippen molar-refractivity contribution >= 4 is 160 Å². The predicted molar refractivity (Wildman–Crippen MR) is 333 cm³/mol. The van der Waals surface area contributed by atoms with Crippen molar-refractivity contribution in [3.8, 4) is 34.9 Å². The molecule has 4 aromatic carbocycles. The Labute approximate surface area is 599 Å². The summed E-state index contributed by atoms with van der Waals surface area (Å²) in [5.41, 5.74) is 7.21. The molecule has 20 nitrogen and oxygen atoms in total. The molecule has 542 valence electrons. The lowest BCUT2D eigenvalue weighted by Gasteiger charge is -2.16. The number of nitrogen functional groups attached to an aromatic ring is 4. The van der Waals surface area contributed by atoms with E-state index >= 15 is 0 Å². The first-order valence-corrected chi connectivity index (χ1v) is 32.6. The minimum absolute atomic E-state index is 0.00738. The molecule has 8 aromatic rings. The first-order chi connectivity index (χ1) is 46.2. The number of rotatable bonds is 10. The van der Waals surface area contributed by atoms with Gasteiger partial charge in [-0.3, -0.25) is 13.2 Å². The molecule has 0 spiro atoms. The second kappa shape index (κ2) is 30.1. The highest BCUT2D eigenvalue weighted by Crippen LogP contribution is 2.57. The Morgan fingerprint density at radius 2 is 0.832 bits per heavy atom. The number of nitrogens with two attached hydrogens (primary N) is 4. The van der Waals surface area contributed by atoms with Crippen LogP contribution >= 0.6 is 92.8 Å². The van der Waals surface area contributed by atoms with Crippen LogP contribution in [-0.2, 0) is 67.4 Å². The van der Waals surface area contributed by atoms with Gasteiger partial charge in [-0.05, 0) is 53.6 Å². The van der Waals surface area contributed by atoms with E-state index < -0.39 is 174 Å². The Bertz CT molecular complexity index is 4760. The van der Waals surface area contributed by atoms with Crippen LogP contribution in [0.5, 0.6) is 0 Å². The molecule has 0 radical (unpaired) electrons. The molecule has 0 amide bonds. The Morgan fingerprint density at radius 3 is 1.07 bits per heavy atom. The normalized spacial score (nSPS) is 15.0. The van der Waals surface area contributed by atoms with Crippen molar-refractivity contribution in [2.75, 3.05) is 41.6 Å². The van der Waals surface area contributed by atoms with E-state index in [4.69, 9.17) is 133 Å². The van der Waals surface area contributed by atoms with Crippen LogP contribution in [0.25, 0.3) is 27.6 Å². The summed E-state index contributed by atoms with van der Waals surface area (Å²) in [5.74, 6) is -2.99. The SMILES string of the molecule is CC(=O)c1nn(-c2c(Cl)cc(C(F)(F)F)cc2Cl)c(N)c1S(C)=O.CCS(=O)c1c(C#N)nn(-c2c(Cl)cc(C(F)(F)F)cc2Cl)c1N.N#Cc1nn(-c2c(Cl)cc(C(F)(F)F)cc2Cl)c(N)c1S(=O)C(F)(F)F.[C-]#[N+]c1nn(-c2c(Cl)cc(C(F)(F)F)cc2Cl)c(N)c1C1(C(F)(F)F)CO1. The summed E-state index contributed by atoms with van der Waals surface area (Å²) >= 11 is 46.8. The summed E-state index contributed by atoms with van der Waals surface area (Å²) < 4.78 is 274. The topological polar surface area (TPSA) is 308 Å². The standard InChI is InChI=1S/C14H6Cl2F6N4O.C13H9Cl2F3N4OS.C13H10Cl2F3N3O2S.C12H4Cl2F6N4OS/c1-24-11-8(12(4-27-12)14(20,21)22)10(23)26(25-11)9-6(15)2-5(3-7(9)16)13(17,18)19;1-2-24(23)11-9(5-19)21-22(12(11)20)10-7(14)3-6(4-8(10)15)13(16,17)18;1-5(22)9-11(24(2)23)12(19)21(20-9)10-7(14)3-6(4-8(10)15)13(16,17)18;13-5-1-4(11(15,16)17)2-6(14)8(5)24-10(22)9(7(3-21)23-24)26(25)12(18,19)20/h2-3H,4,23H2;3-4H,2,20H2,1H3;3-4H,19H2,1-2H3;1-2H,22H2. The molecule has 1 aliphatic rings. The number of anilines is 4. The Balaban J connectivity index is 0.000000212. The Morgan fingerprint density at radius 1 is 0.545 bits per heavy atom. The van der Waals surface area contributed by atoms with Gasteiger partial charge in [0.2, 0.25) is 5.60 Å². The number of aromatic nitrogens is 8. The molecule has 5 heterocycles. The van der Waals surface area contributed by atoms with E-state index in [1.807, 2.05) is 0 Å². The fraction of sp³-hybridized carbons (Fsp3) is 0.231. The van der Waals surface area contributed by atoms with Crippen molar-refractivity contribution in [2.45, 2.75) is 70.5 Å². The van der Waals surface area contributed by atoms with Gasteiger partial charge in [-0.2, -0.15) is 105 Å². The molecular formula is C52H29Cl8F18N15O5S3. The number of hydrogen-bond acceptors (Lipinski definition) is 15. The molecule has 4 aromatic heterocycles. The lowest BCUT2D eigenvalue weighted by molar-refractivity contribution is -0.186. The molecule has 1 aliphatic heterocycles. The van der Waals surface area contributed by atoms with Crippen molar-refractivity contribution in [3.05, 3.63) is 145 Å². The first kappa shape index (κ1) is 82.5. The summed E-state index contributed by atoms with van der Waals surface area (Å²) in [6, 6.07) is 7.66. The molecule has 9 rings (SSSR count). The molecule has 1 fully saturated rings. The van der Waals surface area contributed by atoms with E-state index in [1.165, 1.54) is 19.2 Å². The maximum Gasteiger partial charge on any atom is 0.476 e. The highest BCUT2D eigenvalue weighted by molar-refractivity contribution is 7.86. The van der Waals surface area contributed by atoms with E-state index in [0.717, 1.165) is 9.36 Å². The second-order valence-corrected chi connectivity index (χ2v) is 27.0. The summed E-state index contributed by atoms with van der Waals surface area (Å²) in [6.45, 7) is 9.08. The summed E-state index contributed by atoms with van der Waals surface area (Å²) in [6.07, 6.45) is -22.4. The molecular weight excluding hydrogens is 1640 g/mol. The average Bonchev–Trinajstić information content (AvgIpc) is 1.55. The Kier molecular flexibility index (Phi) is 24.6. The lowest BCUT2D eigenvalue weighted by Crippen LogP contribution is -2.31. The summed E-state index contributed by atoms with van der Waals surface area (Å²) in [5, 5.41) is 29.0. The lowest BCUT2D eigenvalue weighted by atomic mass is 10.0. The number of ketones is 1. The maximum absolute atomic E-state index is 13.3. The van der Waals surface area contributed by atoms with Crippen LogP contribution in [0.3, 0.4) is 0 Å². The van der Waals surface area contributed by atoms with Gasteiger partial charge in [0, 0.05) is 18.9 Å². The molecule has 101 heavy (non-hydrogen) atoms. The third-order valence-electron chi connectivity index (χ3n) is 12.9. The van der Waals surface area contributed by atoms with Crippen LogP contribution in [0.4, 0.5) is 108 Å². The number of epoxide rings is 1. The second-order valence-electron chi connectivity index (χ2n) is 19.4. The van der Waals surface area contributed by atoms with Gasteiger partial charge < -0.3 is 32.5 Å². The van der Waals surface area contributed by atoms with Gasteiger partial charge in [-0.15, -0.1) is 4.68 Å². The molecule has 1 saturated heterocycles. The fourth-order valence-electron chi connectivity index (χ4n) is 8.39. The number of nitrogens with zero attached hydrogens (tertiary/aromatic N) is 11. The zero-order chi connectivity index (χ0) is 77.0. The number of halogens is 26. The van der Waals surface area contributed by atoms with Crippen LogP contribution in [0.1, 0.15) is 63.5 Å². The number of hydrogen-bond donors (Lipinski definition) is 4. The quantitative estimate of drug-likeness (QED) is 0.0428. The number of benzene rings is 4. The van der Waals surface area contributed by atoms with Gasteiger partial charge in [0.25, 0.3) is 0 Å². The van der Waals surface area contributed by atoms with Crippen LogP contribution in [0.2, 0.25) is 40.2 Å². The van der Waals surface area contributed by atoms with Gasteiger partial charge in [-0.25, -0.2) is 18.3 Å². The third-order valence-corrected chi connectivity index (χ3v) is 18.7. The number of Topliss-reactive ketones (excluding diaryl/α,β-unsaturated/α-hetero) is 1. The monoisotopic (exact) mass is 1660 g/mol. The number of alkyl halides is 18. The fourth-order valence-corrected chi connectivity index (χ4v) is 13.5. The zero-order valence-corrected chi connectivity index (χ0v) is 57.4. The number of nitriles is 2. The van der Waals surface area contributed by atoms with E-state index in [0.29, 0.717) is 57.9 Å².